The van der Waals surface area contributed by atoms with Crippen LogP contribution in [-0.4, -0.2) is 12.4 Å². The van der Waals surface area contributed by atoms with E-state index in [0.29, 0.717) is 11.5 Å². The van der Waals surface area contributed by atoms with Crippen LogP contribution in [0.4, 0.5) is 26.3 Å². The van der Waals surface area contributed by atoms with Gasteiger partial charge in [0.1, 0.15) is 23.0 Å². The molecule has 4 aromatic rings. The van der Waals surface area contributed by atoms with Gasteiger partial charge in [0, 0.05) is 0 Å². The smallest absolute Gasteiger partial charge is 0.411 e. The first-order chi connectivity index (χ1) is 19.8. The van der Waals surface area contributed by atoms with E-state index in [1.54, 1.807) is 24.3 Å². The summed E-state index contributed by atoms with van der Waals surface area (Å²) in [6.07, 6.45) is -11.4. The van der Waals surface area contributed by atoms with Crippen LogP contribution in [0.2, 0.25) is 0 Å². The first kappa shape index (κ1) is 32.0. The van der Waals surface area contributed by atoms with Crippen LogP contribution >= 0.6 is 0 Å². The van der Waals surface area contributed by atoms with Crippen LogP contribution in [0.3, 0.4) is 0 Å². The molecule has 228 valence electrons. The Bertz CT molecular complexity index is 1380. The molecule has 0 bridgehead atoms. The van der Waals surface area contributed by atoms with Crippen molar-refractivity contribution in [2.24, 2.45) is 0 Å². The highest BCUT2D eigenvalue weighted by molar-refractivity contribution is 5.48. The Hall–Kier alpha value is -3.94. The fraction of sp³-hybridized carbons (Fsp3) is 0.314. The van der Waals surface area contributed by atoms with Crippen molar-refractivity contribution in [2.45, 2.75) is 70.1 Å². The molecule has 0 heterocycles. The number of alkyl halides is 6. The Morgan fingerprint density at radius 2 is 0.558 bits per heavy atom. The van der Waals surface area contributed by atoms with Crippen LogP contribution in [0.15, 0.2) is 97.1 Å². The zero-order valence-electron chi connectivity index (χ0n) is 24.8. The lowest BCUT2D eigenvalue weighted by atomic mass is 9.73. The van der Waals surface area contributed by atoms with Gasteiger partial charge in [-0.3, -0.25) is 0 Å². The summed E-state index contributed by atoms with van der Waals surface area (Å²) in [5.74, 6) is 1.02. The Balaban J connectivity index is 1.65. The molecule has 2 nitrogen and oxygen atoms in total. The number of ether oxygens (including phenoxy) is 2. The van der Waals surface area contributed by atoms with Crippen LogP contribution in [-0.2, 0) is 16.2 Å². The van der Waals surface area contributed by atoms with Gasteiger partial charge in [-0.05, 0) is 81.6 Å². The number of rotatable bonds is 6. The highest BCUT2D eigenvalue weighted by Gasteiger charge is 2.72. The predicted octanol–water partition coefficient (Wildman–Crippen LogP) is 11.3. The third-order valence-electron chi connectivity index (χ3n) is 7.34. The number of hydrogen-bond acceptors (Lipinski definition) is 2. The first-order valence-corrected chi connectivity index (χ1v) is 13.7. The van der Waals surface area contributed by atoms with Gasteiger partial charge in [-0.25, -0.2) is 0 Å². The lowest BCUT2D eigenvalue weighted by Crippen LogP contribution is -2.54. The molecule has 0 saturated heterocycles. The molecule has 0 radical (unpaired) electrons. The van der Waals surface area contributed by atoms with E-state index in [9.17, 15) is 26.3 Å². The molecular weight excluding hydrogens is 566 g/mol. The van der Waals surface area contributed by atoms with Crippen molar-refractivity contribution < 1.29 is 35.8 Å². The van der Waals surface area contributed by atoms with E-state index in [-0.39, 0.29) is 22.3 Å². The van der Waals surface area contributed by atoms with Gasteiger partial charge in [-0.1, -0.05) is 90.1 Å². The maximum atomic E-state index is 14.6. The zero-order chi connectivity index (χ0) is 31.8. The second-order valence-electron chi connectivity index (χ2n) is 12.5. The van der Waals surface area contributed by atoms with E-state index in [1.807, 2.05) is 65.8 Å². The summed E-state index contributed by atoms with van der Waals surface area (Å²) in [5, 5.41) is 0. The highest BCUT2D eigenvalue weighted by Crippen LogP contribution is 2.56. The van der Waals surface area contributed by atoms with Crippen LogP contribution in [0.1, 0.15) is 63.8 Å². The van der Waals surface area contributed by atoms with Gasteiger partial charge in [0.2, 0.25) is 5.41 Å². The number of benzene rings is 4. The molecule has 8 heteroatoms. The molecule has 0 unspecified atom stereocenters. The van der Waals surface area contributed by atoms with Gasteiger partial charge in [-0.15, -0.1) is 0 Å². The van der Waals surface area contributed by atoms with Gasteiger partial charge in [0.05, 0.1) is 0 Å². The average molecular weight is 601 g/mol. The summed E-state index contributed by atoms with van der Waals surface area (Å²) in [7, 11) is 0. The lowest BCUT2D eigenvalue weighted by Gasteiger charge is -2.38. The van der Waals surface area contributed by atoms with Gasteiger partial charge in [0.15, 0.2) is 0 Å². The average Bonchev–Trinajstić information content (AvgIpc) is 2.89. The van der Waals surface area contributed by atoms with E-state index >= 15 is 0 Å². The molecule has 0 aliphatic heterocycles. The Morgan fingerprint density at radius 3 is 0.744 bits per heavy atom. The fourth-order valence-electron chi connectivity index (χ4n) is 4.85. The summed E-state index contributed by atoms with van der Waals surface area (Å²) in [4.78, 5) is 0. The summed E-state index contributed by atoms with van der Waals surface area (Å²) < 4.78 is 99.2. The molecule has 0 aliphatic rings. The summed E-state index contributed by atoms with van der Waals surface area (Å²) in [6.45, 7) is 12.3. The first-order valence-electron chi connectivity index (χ1n) is 13.7. The molecule has 0 saturated carbocycles. The van der Waals surface area contributed by atoms with Crippen molar-refractivity contribution in [2.75, 3.05) is 0 Å². The molecule has 0 fully saturated rings. The van der Waals surface area contributed by atoms with Crippen molar-refractivity contribution in [3.63, 3.8) is 0 Å². The molecule has 0 atom stereocenters. The van der Waals surface area contributed by atoms with E-state index in [2.05, 4.69) is 0 Å². The standard InChI is InChI=1S/C35H34F6O2/c1-31(2,3)23-7-15-27(16-8-23)42-29-19-11-25(12-20-29)33(34(36,37)38,35(39,40)41)26-13-21-30(22-14-26)43-28-17-9-24(10-18-28)32(4,5)6/h7-22H,1-6H3. The minimum Gasteiger partial charge on any atom is -0.457 e. The van der Waals surface area contributed by atoms with Crippen molar-refractivity contribution in [1.82, 2.24) is 0 Å². The van der Waals surface area contributed by atoms with Gasteiger partial charge < -0.3 is 9.47 Å². The molecule has 43 heavy (non-hydrogen) atoms. The quantitative estimate of drug-likeness (QED) is 0.205. The normalized spacial score (nSPS) is 13.1. The monoisotopic (exact) mass is 600 g/mol. The third-order valence-corrected chi connectivity index (χ3v) is 7.34. The van der Waals surface area contributed by atoms with Crippen molar-refractivity contribution >= 4 is 0 Å². The molecule has 0 spiro atoms. The summed E-state index contributed by atoms with van der Waals surface area (Å²) in [5.41, 5.74) is -4.33. The van der Waals surface area contributed by atoms with Gasteiger partial charge in [-0.2, -0.15) is 26.3 Å². The molecule has 0 N–H and O–H groups in total. The van der Waals surface area contributed by atoms with E-state index < -0.39 is 28.9 Å². The SMILES string of the molecule is CC(C)(C)c1ccc(Oc2ccc(C(c3ccc(Oc4ccc(C(C)(C)C)cc4)cc3)(C(F)(F)F)C(F)(F)F)cc2)cc1. The van der Waals surface area contributed by atoms with Crippen LogP contribution in [0, 0.1) is 0 Å². The molecule has 4 aromatic carbocycles. The van der Waals surface area contributed by atoms with Gasteiger partial charge in [0.25, 0.3) is 0 Å². The highest BCUT2D eigenvalue weighted by atomic mass is 19.4. The van der Waals surface area contributed by atoms with Crippen LogP contribution in [0.5, 0.6) is 23.0 Å². The maximum absolute atomic E-state index is 14.6. The third kappa shape index (κ3) is 6.68. The van der Waals surface area contributed by atoms with Crippen LogP contribution in [0.25, 0.3) is 0 Å². The van der Waals surface area contributed by atoms with Crippen molar-refractivity contribution in [3.05, 3.63) is 119 Å². The Morgan fingerprint density at radius 1 is 0.349 bits per heavy atom. The number of hydrogen-bond donors (Lipinski definition) is 0. The molecule has 0 amide bonds. The number of halogens is 6. The Labute approximate surface area is 248 Å². The molecule has 0 aliphatic carbocycles. The predicted molar refractivity (Wildman–Crippen MR) is 156 cm³/mol. The molecule has 4 rings (SSSR count). The van der Waals surface area contributed by atoms with Crippen molar-refractivity contribution in [3.8, 4) is 23.0 Å². The molecular formula is C35H34F6O2. The topological polar surface area (TPSA) is 18.5 Å². The van der Waals surface area contributed by atoms with Crippen LogP contribution < -0.4 is 9.47 Å². The maximum Gasteiger partial charge on any atom is 0.411 e. The largest absolute Gasteiger partial charge is 0.457 e. The molecule has 0 aromatic heterocycles. The summed E-state index contributed by atoms with van der Waals surface area (Å²) in [6, 6.07) is 21.9. The lowest BCUT2D eigenvalue weighted by molar-refractivity contribution is -0.288. The van der Waals surface area contributed by atoms with Gasteiger partial charge >= 0.3 is 12.4 Å². The minimum atomic E-state index is -5.71. The van der Waals surface area contributed by atoms with Crippen molar-refractivity contribution in [1.29, 1.82) is 0 Å². The second-order valence-corrected chi connectivity index (χ2v) is 12.5. The second kappa shape index (κ2) is 11.3. The Kier molecular flexibility index (Phi) is 8.39. The minimum absolute atomic E-state index is 0.0965. The van der Waals surface area contributed by atoms with E-state index in [4.69, 9.17) is 9.47 Å². The van der Waals surface area contributed by atoms with E-state index in [1.165, 1.54) is 0 Å². The zero-order valence-corrected chi connectivity index (χ0v) is 24.8. The summed E-state index contributed by atoms with van der Waals surface area (Å²) >= 11 is 0. The van der Waals surface area contributed by atoms with E-state index in [0.717, 1.165) is 59.7 Å². The fourth-order valence-corrected chi connectivity index (χ4v) is 4.85.